The molecule has 0 bridgehead atoms. The molecule has 4 rings (SSSR count). The Labute approximate surface area is 171 Å². The molecule has 0 unspecified atom stereocenters. The van der Waals surface area contributed by atoms with Gasteiger partial charge in [-0.1, -0.05) is 41.5 Å². The van der Waals surface area contributed by atoms with Crippen LogP contribution in [0.25, 0.3) is 5.57 Å². The number of imide groups is 1. The lowest BCUT2D eigenvalue weighted by Gasteiger charge is -2.30. The van der Waals surface area contributed by atoms with Gasteiger partial charge in [0, 0.05) is 13.1 Å². The number of carbonyl (C=O) groups excluding carboxylic acids is 2. The second-order valence-electron chi connectivity index (χ2n) is 7.88. The fourth-order valence-electron chi connectivity index (χ4n) is 4.21. The van der Waals surface area contributed by atoms with E-state index in [1.807, 2.05) is 62.9 Å². The van der Waals surface area contributed by atoms with Crippen LogP contribution < -0.4 is 4.90 Å². The standard InChI is InChI=1S/C24H26N2O3/c1-15-5-7-19(17(3)13-15)21-22(25-9-11-29-12-10-25)24(28)26(23(21)27)20-8-6-16(2)14-18(20)4/h5-8,13-14H,9-12H2,1-4H3. The molecular formula is C24H26N2O3. The predicted octanol–water partition coefficient (Wildman–Crippen LogP) is 3.54. The molecule has 2 amide bonds. The van der Waals surface area contributed by atoms with Crippen LogP contribution in [0.15, 0.2) is 42.1 Å². The lowest BCUT2D eigenvalue weighted by atomic mass is 9.97. The van der Waals surface area contributed by atoms with Gasteiger partial charge in [0.25, 0.3) is 11.8 Å². The van der Waals surface area contributed by atoms with E-state index in [4.69, 9.17) is 4.74 Å². The summed E-state index contributed by atoms with van der Waals surface area (Å²) in [7, 11) is 0. The summed E-state index contributed by atoms with van der Waals surface area (Å²) in [5, 5.41) is 0. The van der Waals surface area contributed by atoms with Gasteiger partial charge in [-0.2, -0.15) is 0 Å². The molecule has 150 valence electrons. The minimum absolute atomic E-state index is 0.251. The molecule has 0 spiro atoms. The Morgan fingerprint density at radius 2 is 1.41 bits per heavy atom. The van der Waals surface area contributed by atoms with Crippen LogP contribution in [0.5, 0.6) is 0 Å². The zero-order valence-corrected chi connectivity index (χ0v) is 17.4. The maximum atomic E-state index is 13.6. The number of aryl methyl sites for hydroxylation is 4. The predicted molar refractivity (Wildman–Crippen MR) is 114 cm³/mol. The Hall–Kier alpha value is -2.92. The number of anilines is 1. The zero-order chi connectivity index (χ0) is 20.7. The van der Waals surface area contributed by atoms with E-state index in [-0.39, 0.29) is 11.8 Å². The van der Waals surface area contributed by atoms with E-state index >= 15 is 0 Å². The topological polar surface area (TPSA) is 49.9 Å². The molecule has 5 heteroatoms. The number of carbonyl (C=O) groups is 2. The lowest BCUT2D eigenvalue weighted by molar-refractivity contribution is -0.121. The van der Waals surface area contributed by atoms with Crippen molar-refractivity contribution < 1.29 is 14.3 Å². The normalized spacial score (nSPS) is 17.5. The Kier molecular flexibility index (Phi) is 5.01. The first-order valence-corrected chi connectivity index (χ1v) is 9.99. The second-order valence-corrected chi connectivity index (χ2v) is 7.88. The van der Waals surface area contributed by atoms with Crippen LogP contribution in [0, 0.1) is 27.7 Å². The van der Waals surface area contributed by atoms with Gasteiger partial charge in [-0.15, -0.1) is 0 Å². The largest absolute Gasteiger partial charge is 0.378 e. The average molecular weight is 390 g/mol. The van der Waals surface area contributed by atoms with E-state index in [9.17, 15) is 9.59 Å². The molecule has 1 fully saturated rings. The number of morpholine rings is 1. The molecule has 0 atom stereocenters. The van der Waals surface area contributed by atoms with E-state index in [1.54, 1.807) is 0 Å². The third-order valence-electron chi connectivity index (χ3n) is 5.63. The molecule has 0 radical (unpaired) electrons. The molecule has 0 N–H and O–H groups in total. The smallest absolute Gasteiger partial charge is 0.282 e. The highest BCUT2D eigenvalue weighted by atomic mass is 16.5. The number of nitrogens with zero attached hydrogens (tertiary/aromatic N) is 2. The van der Waals surface area contributed by atoms with E-state index in [1.165, 1.54) is 4.90 Å². The summed E-state index contributed by atoms with van der Waals surface area (Å²) in [6.45, 7) is 10.3. The van der Waals surface area contributed by atoms with Gasteiger partial charge in [0.1, 0.15) is 5.70 Å². The van der Waals surface area contributed by atoms with Gasteiger partial charge < -0.3 is 9.64 Å². The summed E-state index contributed by atoms with van der Waals surface area (Å²) >= 11 is 0. The van der Waals surface area contributed by atoms with Gasteiger partial charge in [-0.05, 0) is 50.5 Å². The average Bonchev–Trinajstić information content (AvgIpc) is 2.93. The molecule has 2 aliphatic heterocycles. The molecule has 5 nitrogen and oxygen atoms in total. The van der Waals surface area contributed by atoms with Crippen molar-refractivity contribution in [1.82, 2.24) is 4.90 Å². The zero-order valence-electron chi connectivity index (χ0n) is 17.4. The molecule has 0 aromatic heterocycles. The Bertz CT molecular complexity index is 1030. The van der Waals surface area contributed by atoms with E-state index in [2.05, 4.69) is 6.07 Å². The number of ether oxygens (including phenoxy) is 1. The van der Waals surface area contributed by atoms with Gasteiger partial charge in [0.05, 0.1) is 24.5 Å². The summed E-state index contributed by atoms with van der Waals surface area (Å²) < 4.78 is 5.47. The summed E-state index contributed by atoms with van der Waals surface area (Å²) in [4.78, 5) is 30.6. The van der Waals surface area contributed by atoms with Crippen LogP contribution in [0.1, 0.15) is 27.8 Å². The first-order chi connectivity index (χ1) is 13.9. The summed E-state index contributed by atoms with van der Waals surface area (Å²) in [5.41, 5.74) is 6.59. The molecule has 29 heavy (non-hydrogen) atoms. The summed E-state index contributed by atoms with van der Waals surface area (Å²) in [6, 6.07) is 11.8. The highest BCUT2D eigenvalue weighted by Gasteiger charge is 2.43. The van der Waals surface area contributed by atoms with Crippen molar-refractivity contribution in [3.8, 4) is 0 Å². The van der Waals surface area contributed by atoms with E-state index < -0.39 is 0 Å². The minimum Gasteiger partial charge on any atom is -0.378 e. The molecule has 2 aromatic rings. The molecule has 1 saturated heterocycles. The van der Waals surface area contributed by atoms with E-state index in [0.29, 0.717) is 43.3 Å². The Balaban J connectivity index is 1.88. The number of hydrogen-bond donors (Lipinski definition) is 0. The highest BCUT2D eigenvalue weighted by molar-refractivity contribution is 6.45. The van der Waals surface area contributed by atoms with Crippen LogP contribution in [0.2, 0.25) is 0 Å². The Morgan fingerprint density at radius 1 is 0.793 bits per heavy atom. The molecular weight excluding hydrogens is 364 g/mol. The highest BCUT2D eigenvalue weighted by Crippen LogP contribution is 2.37. The quantitative estimate of drug-likeness (QED) is 0.753. The lowest BCUT2D eigenvalue weighted by Crippen LogP contribution is -2.40. The van der Waals surface area contributed by atoms with Gasteiger partial charge in [0.15, 0.2) is 0 Å². The van der Waals surface area contributed by atoms with Crippen molar-refractivity contribution in [2.24, 2.45) is 0 Å². The Morgan fingerprint density at radius 3 is 2.03 bits per heavy atom. The summed E-state index contributed by atoms with van der Waals surface area (Å²) in [5.74, 6) is -0.505. The van der Waals surface area contributed by atoms with Gasteiger partial charge in [-0.25, -0.2) is 4.90 Å². The second kappa shape index (κ2) is 7.48. The number of rotatable bonds is 3. The van der Waals surface area contributed by atoms with Crippen LogP contribution in [-0.4, -0.2) is 43.0 Å². The van der Waals surface area contributed by atoms with Crippen LogP contribution in [-0.2, 0) is 14.3 Å². The van der Waals surface area contributed by atoms with Crippen LogP contribution >= 0.6 is 0 Å². The molecule has 2 aromatic carbocycles. The number of benzene rings is 2. The van der Waals surface area contributed by atoms with Crippen molar-refractivity contribution in [3.63, 3.8) is 0 Å². The molecule has 2 aliphatic rings. The fraction of sp³-hybridized carbons (Fsp3) is 0.333. The van der Waals surface area contributed by atoms with Crippen molar-refractivity contribution in [2.45, 2.75) is 27.7 Å². The van der Waals surface area contributed by atoms with Gasteiger partial charge in [-0.3, -0.25) is 9.59 Å². The fourth-order valence-corrected chi connectivity index (χ4v) is 4.21. The summed E-state index contributed by atoms with van der Waals surface area (Å²) in [6.07, 6.45) is 0. The van der Waals surface area contributed by atoms with Crippen LogP contribution in [0.4, 0.5) is 5.69 Å². The first-order valence-electron chi connectivity index (χ1n) is 9.99. The molecule has 0 aliphatic carbocycles. The van der Waals surface area contributed by atoms with Gasteiger partial charge in [0.2, 0.25) is 0 Å². The first kappa shape index (κ1) is 19.4. The van der Waals surface area contributed by atoms with E-state index in [0.717, 1.165) is 27.8 Å². The molecule has 2 heterocycles. The van der Waals surface area contributed by atoms with Gasteiger partial charge >= 0.3 is 0 Å². The number of hydrogen-bond acceptors (Lipinski definition) is 4. The molecule has 0 saturated carbocycles. The maximum Gasteiger partial charge on any atom is 0.282 e. The van der Waals surface area contributed by atoms with Crippen LogP contribution in [0.3, 0.4) is 0 Å². The SMILES string of the molecule is Cc1ccc(C2=C(N3CCOCC3)C(=O)N(c3ccc(C)cc3C)C2=O)c(C)c1. The monoisotopic (exact) mass is 390 g/mol. The minimum atomic E-state index is -0.254. The van der Waals surface area contributed by atoms with Crippen molar-refractivity contribution in [2.75, 3.05) is 31.2 Å². The van der Waals surface area contributed by atoms with Crippen molar-refractivity contribution in [1.29, 1.82) is 0 Å². The third-order valence-corrected chi connectivity index (χ3v) is 5.63. The van der Waals surface area contributed by atoms with Crippen molar-refractivity contribution in [3.05, 3.63) is 69.9 Å². The third kappa shape index (κ3) is 3.36. The van der Waals surface area contributed by atoms with Crippen molar-refractivity contribution >= 4 is 23.1 Å². The maximum absolute atomic E-state index is 13.6. The number of amides is 2.